The smallest absolute Gasteiger partial charge is 0.148 e. The van der Waals surface area contributed by atoms with Crippen molar-refractivity contribution in [3.05, 3.63) is 11.6 Å². The first kappa shape index (κ1) is 13.9. The average molecular weight is 270 g/mol. The van der Waals surface area contributed by atoms with Crippen molar-refractivity contribution in [1.29, 1.82) is 0 Å². The zero-order valence-corrected chi connectivity index (χ0v) is 13.3. The van der Waals surface area contributed by atoms with Crippen molar-refractivity contribution in [2.24, 2.45) is 10.8 Å². The molecule has 0 unspecified atom stereocenters. The number of hydrogen-bond acceptors (Lipinski definition) is 2. The summed E-state index contributed by atoms with van der Waals surface area (Å²) in [7, 11) is 0. The topological polar surface area (TPSA) is 30.7 Å². The fourth-order valence-electron chi connectivity index (χ4n) is 3.18. The Morgan fingerprint density at radius 2 is 1.61 bits per heavy atom. The van der Waals surface area contributed by atoms with Crippen LogP contribution in [0.3, 0.4) is 0 Å². The quantitative estimate of drug-likeness (QED) is 0.762. The van der Waals surface area contributed by atoms with Crippen LogP contribution >= 0.6 is 11.6 Å². The van der Waals surface area contributed by atoms with Gasteiger partial charge in [0.15, 0.2) is 0 Å². The van der Waals surface area contributed by atoms with Crippen LogP contribution in [0, 0.1) is 10.8 Å². The van der Waals surface area contributed by atoms with E-state index in [4.69, 9.17) is 11.6 Å². The van der Waals surface area contributed by atoms with Crippen molar-refractivity contribution in [1.82, 2.24) is 14.8 Å². The largest absolute Gasteiger partial charge is 0.308 e. The van der Waals surface area contributed by atoms with Crippen molar-refractivity contribution in [3.8, 4) is 0 Å². The second-order valence-electron chi connectivity index (χ2n) is 7.49. The molecule has 1 saturated carbocycles. The van der Waals surface area contributed by atoms with Gasteiger partial charge >= 0.3 is 0 Å². The normalized spacial score (nSPS) is 22.2. The number of alkyl halides is 1. The minimum atomic E-state index is -0.0300. The molecule has 3 nitrogen and oxygen atoms in total. The molecule has 1 aromatic rings. The average Bonchev–Trinajstić information content (AvgIpc) is 2.57. The molecule has 1 heterocycles. The number of aromatic nitrogens is 3. The molecule has 1 aliphatic rings. The van der Waals surface area contributed by atoms with E-state index in [0.29, 0.717) is 11.8 Å². The molecule has 0 saturated heterocycles. The van der Waals surface area contributed by atoms with Crippen LogP contribution in [-0.4, -0.2) is 14.8 Å². The van der Waals surface area contributed by atoms with E-state index < -0.39 is 0 Å². The van der Waals surface area contributed by atoms with Crippen LogP contribution in [0.15, 0.2) is 0 Å². The van der Waals surface area contributed by atoms with E-state index in [1.807, 2.05) is 0 Å². The first-order valence-corrected chi connectivity index (χ1v) is 7.09. The van der Waals surface area contributed by atoms with Crippen molar-refractivity contribution in [2.45, 2.75) is 65.8 Å². The Balaban J connectivity index is 2.52. The van der Waals surface area contributed by atoms with Gasteiger partial charge in [-0.05, 0) is 31.6 Å². The first-order valence-electron chi connectivity index (χ1n) is 6.55. The molecule has 2 rings (SSSR count). The Kier molecular flexibility index (Phi) is 2.86. The van der Waals surface area contributed by atoms with Gasteiger partial charge in [-0.15, -0.1) is 21.8 Å². The predicted octanol–water partition coefficient (Wildman–Crippen LogP) is 3.92. The van der Waals surface area contributed by atoms with E-state index in [1.54, 1.807) is 0 Å². The Hall–Kier alpha value is -0.570. The summed E-state index contributed by atoms with van der Waals surface area (Å²) in [4.78, 5) is 0. The monoisotopic (exact) mass is 269 g/mol. The molecule has 0 spiro atoms. The van der Waals surface area contributed by atoms with E-state index in [1.165, 1.54) is 0 Å². The Morgan fingerprint density at radius 3 is 1.94 bits per heavy atom. The Labute approximate surface area is 115 Å². The van der Waals surface area contributed by atoms with Crippen LogP contribution < -0.4 is 0 Å². The molecule has 0 amide bonds. The molecular weight excluding hydrogens is 246 g/mol. The molecule has 1 aromatic heterocycles. The van der Waals surface area contributed by atoms with E-state index in [9.17, 15) is 0 Å². The molecule has 102 valence electrons. The van der Waals surface area contributed by atoms with Crippen molar-refractivity contribution in [2.75, 3.05) is 0 Å². The molecule has 0 bridgehead atoms. The minimum Gasteiger partial charge on any atom is -0.308 e. The van der Waals surface area contributed by atoms with Crippen molar-refractivity contribution in [3.63, 3.8) is 0 Å². The van der Waals surface area contributed by atoms with Crippen molar-refractivity contribution < 1.29 is 0 Å². The molecule has 0 aromatic carbocycles. The Bertz CT molecular complexity index is 452. The van der Waals surface area contributed by atoms with Crippen LogP contribution in [0.4, 0.5) is 0 Å². The van der Waals surface area contributed by atoms with Gasteiger partial charge in [0, 0.05) is 11.5 Å². The molecule has 0 N–H and O–H groups in total. The molecule has 0 aliphatic heterocycles. The maximum atomic E-state index is 6.00. The summed E-state index contributed by atoms with van der Waals surface area (Å²) < 4.78 is 2.22. The summed E-state index contributed by atoms with van der Waals surface area (Å²) in [6.07, 6.45) is 0. The molecule has 1 fully saturated rings. The van der Waals surface area contributed by atoms with Gasteiger partial charge in [0.05, 0.1) is 5.88 Å². The van der Waals surface area contributed by atoms with Crippen LogP contribution in [0.5, 0.6) is 0 Å². The number of halogens is 1. The molecule has 0 atom stereocenters. The fourth-order valence-corrected chi connectivity index (χ4v) is 3.35. The lowest BCUT2D eigenvalue weighted by atomic mass is 10.0. The van der Waals surface area contributed by atoms with Crippen LogP contribution in [0.25, 0.3) is 0 Å². The standard InChI is InChI=1S/C14H24ClN3/c1-12(2,3)18-9(8-15)16-17-11(18)10-13(4,5)14(10,6)7/h10H,8H2,1-7H3. The van der Waals surface area contributed by atoms with Gasteiger partial charge < -0.3 is 4.57 Å². The highest BCUT2D eigenvalue weighted by atomic mass is 35.5. The SMILES string of the molecule is CC(C)(C)n1c(CCl)nnc1C1C(C)(C)C1(C)C. The highest BCUT2D eigenvalue weighted by molar-refractivity contribution is 6.16. The molecule has 1 aliphatic carbocycles. The second-order valence-corrected chi connectivity index (χ2v) is 7.76. The second kappa shape index (κ2) is 3.72. The summed E-state index contributed by atoms with van der Waals surface area (Å²) in [6.45, 7) is 15.8. The lowest BCUT2D eigenvalue weighted by molar-refractivity contribution is 0.367. The van der Waals surface area contributed by atoms with Gasteiger partial charge in [0.2, 0.25) is 0 Å². The fraction of sp³-hybridized carbons (Fsp3) is 0.857. The Morgan fingerprint density at radius 1 is 1.11 bits per heavy atom. The van der Waals surface area contributed by atoms with Gasteiger partial charge in [-0.25, -0.2) is 0 Å². The van der Waals surface area contributed by atoms with E-state index in [0.717, 1.165) is 11.6 Å². The summed E-state index contributed by atoms with van der Waals surface area (Å²) in [5.74, 6) is 2.83. The van der Waals surface area contributed by atoms with Gasteiger partial charge in [0.1, 0.15) is 11.6 Å². The molecule has 18 heavy (non-hydrogen) atoms. The van der Waals surface area contributed by atoms with Crippen LogP contribution in [-0.2, 0) is 11.4 Å². The number of rotatable bonds is 2. The zero-order chi connectivity index (χ0) is 13.9. The van der Waals surface area contributed by atoms with Gasteiger partial charge in [0.25, 0.3) is 0 Å². The van der Waals surface area contributed by atoms with E-state index in [2.05, 4.69) is 63.2 Å². The first-order chi connectivity index (χ1) is 8.05. The van der Waals surface area contributed by atoms with Gasteiger partial charge in [-0.1, -0.05) is 27.7 Å². The van der Waals surface area contributed by atoms with Crippen LogP contribution in [0.2, 0.25) is 0 Å². The molecule has 0 radical (unpaired) electrons. The molecule has 4 heteroatoms. The third kappa shape index (κ3) is 1.70. The van der Waals surface area contributed by atoms with E-state index >= 15 is 0 Å². The highest BCUT2D eigenvalue weighted by Crippen LogP contribution is 2.73. The third-order valence-corrected chi connectivity index (χ3v) is 5.06. The van der Waals surface area contributed by atoms with Gasteiger partial charge in [-0.3, -0.25) is 0 Å². The number of nitrogens with zero attached hydrogens (tertiary/aromatic N) is 3. The maximum absolute atomic E-state index is 6.00. The number of hydrogen-bond donors (Lipinski definition) is 0. The summed E-state index contributed by atoms with van der Waals surface area (Å²) in [5, 5.41) is 8.71. The maximum Gasteiger partial charge on any atom is 0.148 e. The lowest BCUT2D eigenvalue weighted by Gasteiger charge is -2.25. The summed E-state index contributed by atoms with van der Waals surface area (Å²) in [5.41, 5.74) is 0.511. The highest BCUT2D eigenvalue weighted by Gasteiger charge is 2.67. The van der Waals surface area contributed by atoms with Gasteiger partial charge in [-0.2, -0.15) is 0 Å². The third-order valence-electron chi connectivity index (χ3n) is 4.82. The zero-order valence-electron chi connectivity index (χ0n) is 12.5. The summed E-state index contributed by atoms with van der Waals surface area (Å²) >= 11 is 6.00. The van der Waals surface area contributed by atoms with Crippen LogP contribution in [0.1, 0.15) is 66.0 Å². The van der Waals surface area contributed by atoms with Crippen molar-refractivity contribution >= 4 is 11.6 Å². The van der Waals surface area contributed by atoms with E-state index in [-0.39, 0.29) is 16.4 Å². The molecular formula is C14H24ClN3. The summed E-state index contributed by atoms with van der Waals surface area (Å²) in [6, 6.07) is 0. The lowest BCUT2D eigenvalue weighted by Crippen LogP contribution is -2.26. The minimum absolute atomic E-state index is 0.0300. The predicted molar refractivity (Wildman–Crippen MR) is 74.9 cm³/mol.